The number of rotatable bonds is 9. The Kier molecular flexibility index (Phi) is 7.43. The number of esters is 1. The predicted octanol–water partition coefficient (Wildman–Crippen LogP) is 4.77. The number of nitrogens with zero attached hydrogens (tertiary/aromatic N) is 2. The molecule has 7 nitrogen and oxygen atoms in total. The zero-order valence-electron chi connectivity index (χ0n) is 20.0. The summed E-state index contributed by atoms with van der Waals surface area (Å²) in [5.74, 6) is 0.408. The number of methoxy groups -OCH3 is 1. The highest BCUT2D eigenvalue weighted by Crippen LogP contribution is 2.38. The highest BCUT2D eigenvalue weighted by molar-refractivity contribution is 5.77. The standard InChI is InChI=1S/C26H33N3O4/c1-6-21(33-18(3)30)15-16-26(4,31)25-23(27)24(19-9-7-17(2)8-10-19)29(28-25)20-11-13-22(32-5)14-12-20/h7-14,21,31H,6,15-16,27H2,1-5H3. The number of carbonyl (C=O) groups excluding carboxylic acids is 1. The van der Waals surface area contributed by atoms with Crippen molar-refractivity contribution in [3.63, 3.8) is 0 Å². The average Bonchev–Trinajstić information content (AvgIpc) is 3.15. The molecule has 176 valence electrons. The van der Waals surface area contributed by atoms with Gasteiger partial charge >= 0.3 is 5.97 Å². The van der Waals surface area contributed by atoms with Gasteiger partial charge in [0.05, 0.1) is 24.2 Å². The van der Waals surface area contributed by atoms with Gasteiger partial charge in [0.15, 0.2) is 0 Å². The quantitative estimate of drug-likeness (QED) is 0.455. The van der Waals surface area contributed by atoms with Gasteiger partial charge in [-0.05, 0) is 57.4 Å². The Hall–Kier alpha value is -3.32. The molecule has 0 saturated heterocycles. The van der Waals surface area contributed by atoms with E-state index < -0.39 is 5.60 Å². The lowest BCUT2D eigenvalue weighted by molar-refractivity contribution is -0.147. The third kappa shape index (κ3) is 5.54. The van der Waals surface area contributed by atoms with Crippen molar-refractivity contribution in [3.05, 3.63) is 59.8 Å². The maximum absolute atomic E-state index is 11.4. The summed E-state index contributed by atoms with van der Waals surface area (Å²) in [7, 11) is 1.62. The second-order valence-electron chi connectivity index (χ2n) is 8.54. The number of aryl methyl sites for hydroxylation is 1. The van der Waals surface area contributed by atoms with Gasteiger partial charge in [-0.2, -0.15) is 5.10 Å². The maximum Gasteiger partial charge on any atom is 0.302 e. The first-order valence-electron chi connectivity index (χ1n) is 11.2. The van der Waals surface area contributed by atoms with Crippen molar-refractivity contribution in [2.24, 2.45) is 0 Å². The predicted molar refractivity (Wildman–Crippen MR) is 129 cm³/mol. The highest BCUT2D eigenvalue weighted by Gasteiger charge is 2.33. The zero-order valence-corrected chi connectivity index (χ0v) is 20.0. The molecule has 0 aliphatic heterocycles. The van der Waals surface area contributed by atoms with Crippen LogP contribution in [-0.4, -0.2) is 34.1 Å². The molecule has 3 N–H and O–H groups in total. The second-order valence-corrected chi connectivity index (χ2v) is 8.54. The van der Waals surface area contributed by atoms with Gasteiger partial charge < -0.3 is 20.3 Å². The van der Waals surface area contributed by atoms with Crippen molar-refractivity contribution in [1.82, 2.24) is 9.78 Å². The van der Waals surface area contributed by atoms with E-state index in [0.717, 1.165) is 22.6 Å². The molecule has 33 heavy (non-hydrogen) atoms. The number of nitrogens with two attached hydrogens (primary N) is 1. The van der Waals surface area contributed by atoms with E-state index in [4.69, 9.17) is 20.3 Å². The van der Waals surface area contributed by atoms with E-state index in [1.807, 2.05) is 62.4 Å². The number of hydrogen-bond acceptors (Lipinski definition) is 6. The summed E-state index contributed by atoms with van der Waals surface area (Å²) in [4.78, 5) is 11.4. The molecule has 7 heteroatoms. The van der Waals surface area contributed by atoms with Crippen LogP contribution in [-0.2, 0) is 15.1 Å². The minimum Gasteiger partial charge on any atom is -0.497 e. The Morgan fingerprint density at radius 2 is 1.82 bits per heavy atom. The molecule has 2 aromatic carbocycles. The molecule has 0 amide bonds. The molecule has 0 spiro atoms. The number of anilines is 1. The highest BCUT2D eigenvalue weighted by atomic mass is 16.5. The van der Waals surface area contributed by atoms with E-state index in [9.17, 15) is 9.90 Å². The van der Waals surface area contributed by atoms with Crippen LogP contribution in [0.2, 0.25) is 0 Å². The van der Waals surface area contributed by atoms with Crippen LogP contribution in [0.5, 0.6) is 5.75 Å². The molecule has 0 fully saturated rings. The van der Waals surface area contributed by atoms with Crippen molar-refractivity contribution < 1.29 is 19.4 Å². The number of hydrogen-bond donors (Lipinski definition) is 2. The van der Waals surface area contributed by atoms with Gasteiger partial charge in [-0.25, -0.2) is 4.68 Å². The lowest BCUT2D eigenvalue weighted by Gasteiger charge is -2.24. The van der Waals surface area contributed by atoms with Crippen molar-refractivity contribution in [3.8, 4) is 22.7 Å². The van der Waals surface area contributed by atoms with E-state index in [1.165, 1.54) is 6.92 Å². The Morgan fingerprint density at radius 1 is 1.18 bits per heavy atom. The monoisotopic (exact) mass is 451 g/mol. The molecule has 2 unspecified atom stereocenters. The fourth-order valence-electron chi connectivity index (χ4n) is 3.87. The summed E-state index contributed by atoms with van der Waals surface area (Å²) < 4.78 is 12.4. The molecule has 1 aromatic heterocycles. The third-order valence-corrected chi connectivity index (χ3v) is 5.82. The molecule has 0 bridgehead atoms. The number of carbonyl (C=O) groups is 1. The van der Waals surface area contributed by atoms with Crippen LogP contribution in [0.15, 0.2) is 48.5 Å². The molecule has 0 saturated carbocycles. The smallest absolute Gasteiger partial charge is 0.302 e. The summed E-state index contributed by atoms with van der Waals surface area (Å²) in [6.07, 6.45) is 1.24. The number of aliphatic hydroxyl groups is 1. The lowest BCUT2D eigenvalue weighted by Crippen LogP contribution is -2.26. The van der Waals surface area contributed by atoms with Crippen LogP contribution in [0.3, 0.4) is 0 Å². The molecule has 1 heterocycles. The van der Waals surface area contributed by atoms with Crippen LogP contribution >= 0.6 is 0 Å². The Morgan fingerprint density at radius 3 is 2.36 bits per heavy atom. The topological polar surface area (TPSA) is 99.6 Å². The van der Waals surface area contributed by atoms with E-state index in [0.29, 0.717) is 36.3 Å². The minimum atomic E-state index is -1.31. The number of nitrogen functional groups attached to an aromatic ring is 1. The molecule has 0 aliphatic carbocycles. The SMILES string of the molecule is CCC(CCC(C)(O)c1nn(-c2ccc(OC)cc2)c(-c2ccc(C)cc2)c1N)OC(C)=O. The minimum absolute atomic E-state index is 0.268. The zero-order chi connectivity index (χ0) is 24.2. The van der Waals surface area contributed by atoms with E-state index in [1.54, 1.807) is 18.7 Å². The van der Waals surface area contributed by atoms with Crippen LogP contribution in [0, 0.1) is 6.92 Å². The largest absolute Gasteiger partial charge is 0.497 e. The van der Waals surface area contributed by atoms with Crippen LogP contribution in [0.1, 0.15) is 51.3 Å². The van der Waals surface area contributed by atoms with Crippen molar-refractivity contribution in [1.29, 1.82) is 0 Å². The third-order valence-electron chi connectivity index (χ3n) is 5.82. The molecule has 3 rings (SSSR count). The summed E-state index contributed by atoms with van der Waals surface area (Å²) >= 11 is 0. The molecular weight excluding hydrogens is 418 g/mol. The van der Waals surface area contributed by atoms with Gasteiger partial charge in [-0.15, -0.1) is 0 Å². The van der Waals surface area contributed by atoms with Crippen LogP contribution in [0.4, 0.5) is 5.69 Å². The fraction of sp³-hybridized carbons (Fsp3) is 0.385. The Bertz CT molecular complexity index is 1090. The van der Waals surface area contributed by atoms with Gasteiger partial charge in [-0.1, -0.05) is 36.8 Å². The summed E-state index contributed by atoms with van der Waals surface area (Å²) in [5, 5.41) is 16.2. The molecule has 0 aliphatic rings. The first-order valence-corrected chi connectivity index (χ1v) is 11.2. The van der Waals surface area contributed by atoms with Crippen molar-refractivity contribution in [2.45, 2.75) is 58.7 Å². The average molecular weight is 452 g/mol. The first kappa shape index (κ1) is 24.3. The Balaban J connectivity index is 2.04. The van der Waals surface area contributed by atoms with Crippen molar-refractivity contribution >= 4 is 11.7 Å². The van der Waals surface area contributed by atoms with E-state index in [2.05, 4.69) is 0 Å². The van der Waals surface area contributed by atoms with Crippen LogP contribution < -0.4 is 10.5 Å². The van der Waals surface area contributed by atoms with Gasteiger partial charge in [0.25, 0.3) is 0 Å². The summed E-state index contributed by atoms with van der Waals surface area (Å²) in [6.45, 7) is 7.06. The number of benzene rings is 2. The second kappa shape index (κ2) is 10.1. The first-order chi connectivity index (χ1) is 15.7. The number of ether oxygens (including phenoxy) is 2. The van der Waals surface area contributed by atoms with Gasteiger partial charge in [-0.3, -0.25) is 4.79 Å². The van der Waals surface area contributed by atoms with Crippen LogP contribution in [0.25, 0.3) is 16.9 Å². The normalized spacial score (nSPS) is 13.9. The fourth-order valence-corrected chi connectivity index (χ4v) is 3.87. The maximum atomic E-state index is 11.4. The van der Waals surface area contributed by atoms with Gasteiger partial charge in [0, 0.05) is 12.5 Å². The number of aromatic nitrogens is 2. The summed E-state index contributed by atoms with van der Waals surface area (Å²) in [6, 6.07) is 15.5. The summed E-state index contributed by atoms with van der Waals surface area (Å²) in [5.41, 5.74) is 9.66. The molecular formula is C26H33N3O4. The molecule has 0 radical (unpaired) electrons. The van der Waals surface area contributed by atoms with Gasteiger partial charge in [0.2, 0.25) is 0 Å². The van der Waals surface area contributed by atoms with Crippen molar-refractivity contribution in [2.75, 3.05) is 12.8 Å². The molecule has 2 atom stereocenters. The van der Waals surface area contributed by atoms with E-state index in [-0.39, 0.29) is 12.1 Å². The van der Waals surface area contributed by atoms with Gasteiger partial charge in [0.1, 0.15) is 23.1 Å². The Labute approximate surface area is 195 Å². The molecule has 3 aromatic rings. The lowest BCUT2D eigenvalue weighted by atomic mass is 9.92. The van der Waals surface area contributed by atoms with E-state index >= 15 is 0 Å².